The van der Waals surface area contributed by atoms with E-state index in [0.29, 0.717) is 23.3 Å². The first kappa shape index (κ1) is 26.0. The molecular weight excluding hydrogens is 502 g/mol. The lowest BCUT2D eigenvalue weighted by Crippen LogP contribution is -2.58. The van der Waals surface area contributed by atoms with Crippen molar-refractivity contribution in [1.29, 1.82) is 0 Å². The number of aromatic nitrogens is 2. The Labute approximate surface area is 234 Å². The maximum Gasteiger partial charge on any atom is 0.325 e. The van der Waals surface area contributed by atoms with Gasteiger partial charge in [0.15, 0.2) is 0 Å². The van der Waals surface area contributed by atoms with E-state index in [9.17, 15) is 9.59 Å². The van der Waals surface area contributed by atoms with Gasteiger partial charge in [0.2, 0.25) is 0 Å². The number of benzene rings is 2. The summed E-state index contributed by atoms with van der Waals surface area (Å²) in [6.07, 6.45) is 5.78. The first-order valence-corrected chi connectivity index (χ1v) is 13.9. The second kappa shape index (κ2) is 11.1. The minimum atomic E-state index is -0.178. The average molecular weight is 538 g/mol. The molecule has 6 rings (SSSR count). The summed E-state index contributed by atoms with van der Waals surface area (Å²) < 4.78 is 1.59. The Balaban J connectivity index is 1.10. The first-order valence-electron chi connectivity index (χ1n) is 13.9. The molecule has 0 aliphatic carbocycles. The number of hydrogen-bond donors (Lipinski definition) is 3. The zero-order chi connectivity index (χ0) is 27.6. The summed E-state index contributed by atoms with van der Waals surface area (Å²) in [5, 5.41) is 9.92. The Bertz CT molecular complexity index is 1520. The van der Waals surface area contributed by atoms with Crippen LogP contribution >= 0.6 is 0 Å². The number of nitrogens with one attached hydrogen (secondary N) is 3. The van der Waals surface area contributed by atoms with Crippen LogP contribution in [0.15, 0.2) is 73.1 Å². The second-order valence-corrected chi connectivity index (χ2v) is 10.6. The van der Waals surface area contributed by atoms with E-state index in [2.05, 4.69) is 38.0 Å². The normalized spacial score (nSPS) is 16.4. The Hall–Kier alpha value is -4.21. The maximum absolute atomic E-state index is 13.0. The third-order valence-corrected chi connectivity index (χ3v) is 8.32. The minimum absolute atomic E-state index is 0.178. The molecule has 2 amide bonds. The lowest BCUT2D eigenvalue weighted by Gasteiger charge is -2.42. The molecule has 0 bridgehead atoms. The molecule has 40 heavy (non-hydrogen) atoms. The molecule has 9 nitrogen and oxygen atoms in total. The summed E-state index contributed by atoms with van der Waals surface area (Å²) in [5.41, 5.74) is 4.61. The van der Waals surface area contributed by atoms with E-state index in [1.165, 1.54) is 18.4 Å². The molecule has 2 aliphatic heterocycles. The molecule has 4 heterocycles. The van der Waals surface area contributed by atoms with Gasteiger partial charge < -0.3 is 20.9 Å². The van der Waals surface area contributed by atoms with Gasteiger partial charge in [0.05, 0.1) is 5.52 Å². The number of hydrogen-bond acceptors (Lipinski definition) is 6. The van der Waals surface area contributed by atoms with Crippen molar-refractivity contribution in [3.05, 3.63) is 84.2 Å². The van der Waals surface area contributed by atoms with Crippen LogP contribution in [0.3, 0.4) is 0 Å². The van der Waals surface area contributed by atoms with Crippen LogP contribution in [0.5, 0.6) is 0 Å². The zero-order valence-electron chi connectivity index (χ0n) is 22.9. The van der Waals surface area contributed by atoms with Gasteiger partial charge in [-0.2, -0.15) is 0 Å². The molecule has 2 aliphatic rings. The maximum atomic E-state index is 13.0. The largest absolute Gasteiger partial charge is 0.344 e. The third-order valence-electron chi connectivity index (χ3n) is 8.32. The van der Waals surface area contributed by atoms with Gasteiger partial charge >= 0.3 is 6.03 Å². The highest BCUT2D eigenvalue weighted by atomic mass is 16.2. The number of pyridine rings is 1. The van der Waals surface area contributed by atoms with Crippen LogP contribution in [0.25, 0.3) is 10.9 Å². The van der Waals surface area contributed by atoms with Gasteiger partial charge in [-0.3, -0.25) is 14.3 Å². The highest BCUT2D eigenvalue weighted by Crippen LogP contribution is 2.31. The average Bonchev–Trinajstić information content (AvgIpc) is 3.39. The van der Waals surface area contributed by atoms with Crippen LogP contribution in [0.4, 0.5) is 22.0 Å². The molecule has 9 heteroatoms. The van der Waals surface area contributed by atoms with Crippen molar-refractivity contribution in [1.82, 2.24) is 25.1 Å². The number of rotatable bonds is 6. The molecule has 2 fully saturated rings. The summed E-state index contributed by atoms with van der Waals surface area (Å²) in [6, 6.07) is 20.2. The second-order valence-electron chi connectivity index (χ2n) is 10.6. The van der Waals surface area contributed by atoms with Crippen molar-refractivity contribution >= 4 is 40.0 Å². The van der Waals surface area contributed by atoms with Gasteiger partial charge in [0.1, 0.15) is 5.82 Å². The highest BCUT2D eigenvalue weighted by molar-refractivity contribution is 6.04. The quantitative estimate of drug-likeness (QED) is 0.338. The van der Waals surface area contributed by atoms with Crippen LogP contribution in [-0.4, -0.2) is 72.7 Å². The molecule has 0 unspecified atom stereocenters. The Kier molecular flexibility index (Phi) is 7.23. The number of likely N-dealkylation sites (tertiary alicyclic amines) is 1. The smallest absolute Gasteiger partial charge is 0.325 e. The van der Waals surface area contributed by atoms with Crippen molar-refractivity contribution in [3.8, 4) is 0 Å². The summed E-state index contributed by atoms with van der Waals surface area (Å²) in [7, 11) is 3.58. The molecular formula is C31H35N7O2. The van der Waals surface area contributed by atoms with Crippen molar-refractivity contribution in [2.45, 2.75) is 24.8 Å². The minimum Gasteiger partial charge on any atom is -0.344 e. The molecule has 4 aromatic rings. The first-order chi connectivity index (χ1) is 19.5. The van der Waals surface area contributed by atoms with Crippen LogP contribution in [0, 0.1) is 0 Å². The SMILES string of the molecule is CNC(=O)n1ccc2cc(N(C)c3ccnc(NC(=O)c4ccc(C5CCN(C6CNC6)CC5)cc4)c3)ccc21. The van der Waals surface area contributed by atoms with E-state index in [-0.39, 0.29) is 11.9 Å². The van der Waals surface area contributed by atoms with Crippen molar-refractivity contribution < 1.29 is 9.59 Å². The Morgan fingerprint density at radius 2 is 1.73 bits per heavy atom. The fourth-order valence-electron chi connectivity index (χ4n) is 5.71. The number of anilines is 3. The molecule has 0 saturated carbocycles. The van der Waals surface area contributed by atoms with E-state index in [0.717, 1.165) is 48.5 Å². The fourth-order valence-corrected chi connectivity index (χ4v) is 5.71. The number of carbonyl (C=O) groups excluding carboxylic acids is 2. The van der Waals surface area contributed by atoms with Gasteiger partial charge in [0, 0.05) is 74.0 Å². The van der Waals surface area contributed by atoms with Crippen LogP contribution < -0.4 is 20.9 Å². The standard InChI is InChI=1S/C31H35N7O2/c1-32-31(40)38-16-12-24-17-25(7-8-28(24)38)36(2)26-9-13-34-29(18-26)35-30(39)23-5-3-21(4-6-23)22-10-14-37(15-11-22)27-19-33-20-27/h3-9,12-13,16-18,22,27,33H,10-11,14-15,19-20H2,1-2H3,(H,32,40)(H,34,35,39). The molecule has 206 valence electrons. The highest BCUT2D eigenvalue weighted by Gasteiger charge is 2.29. The molecule has 0 atom stereocenters. The zero-order valence-corrected chi connectivity index (χ0v) is 22.9. The Morgan fingerprint density at radius 3 is 2.42 bits per heavy atom. The van der Waals surface area contributed by atoms with Gasteiger partial charge in [-0.05, 0) is 79.9 Å². The van der Waals surface area contributed by atoms with Gasteiger partial charge in [0.25, 0.3) is 5.91 Å². The van der Waals surface area contributed by atoms with E-state index in [4.69, 9.17) is 0 Å². The van der Waals surface area contributed by atoms with Gasteiger partial charge in [-0.1, -0.05) is 12.1 Å². The molecule has 0 spiro atoms. The molecule has 0 radical (unpaired) electrons. The van der Waals surface area contributed by atoms with Crippen LogP contribution in [0.1, 0.15) is 34.7 Å². The van der Waals surface area contributed by atoms with Crippen LogP contribution in [-0.2, 0) is 0 Å². The Morgan fingerprint density at radius 1 is 0.975 bits per heavy atom. The summed E-state index contributed by atoms with van der Waals surface area (Å²) >= 11 is 0. The summed E-state index contributed by atoms with van der Waals surface area (Å²) in [4.78, 5) is 34.1. The van der Waals surface area contributed by atoms with E-state index in [1.807, 2.05) is 60.5 Å². The van der Waals surface area contributed by atoms with Crippen molar-refractivity contribution in [3.63, 3.8) is 0 Å². The van der Waals surface area contributed by atoms with Crippen LogP contribution in [0.2, 0.25) is 0 Å². The van der Waals surface area contributed by atoms with Gasteiger partial charge in [-0.15, -0.1) is 0 Å². The predicted molar refractivity (Wildman–Crippen MR) is 159 cm³/mol. The number of piperidine rings is 1. The number of fused-ring (bicyclic) bond motifs is 1. The van der Waals surface area contributed by atoms with E-state index >= 15 is 0 Å². The lowest BCUT2D eigenvalue weighted by molar-refractivity contribution is 0.102. The molecule has 2 aromatic carbocycles. The van der Waals surface area contributed by atoms with E-state index < -0.39 is 0 Å². The third kappa shape index (κ3) is 5.17. The predicted octanol–water partition coefficient (Wildman–Crippen LogP) is 4.40. The number of nitrogens with zero attached hydrogens (tertiary/aromatic N) is 4. The summed E-state index contributed by atoms with van der Waals surface area (Å²) in [5.74, 6) is 0.864. The van der Waals surface area contributed by atoms with Crippen molar-refractivity contribution in [2.24, 2.45) is 0 Å². The van der Waals surface area contributed by atoms with Crippen molar-refractivity contribution in [2.75, 3.05) is 50.5 Å². The monoisotopic (exact) mass is 537 g/mol. The number of amides is 2. The van der Waals surface area contributed by atoms with E-state index in [1.54, 1.807) is 24.0 Å². The summed E-state index contributed by atoms with van der Waals surface area (Å²) in [6.45, 7) is 4.53. The molecule has 3 N–H and O–H groups in total. The molecule has 2 aromatic heterocycles. The molecule has 2 saturated heterocycles. The fraction of sp³-hybridized carbons (Fsp3) is 0.323. The topological polar surface area (TPSA) is 94.5 Å². The number of carbonyl (C=O) groups is 2. The van der Waals surface area contributed by atoms with Gasteiger partial charge in [-0.25, -0.2) is 9.78 Å². The lowest BCUT2D eigenvalue weighted by atomic mass is 9.88.